The maximum Gasteiger partial charge on any atom is 0.378 e. The molecular formula is C10H6F8O. The average Bonchev–Trinajstić information content (AvgIpc) is 2.92. The summed E-state index contributed by atoms with van der Waals surface area (Å²) in [5, 5.41) is 0. The first-order valence-electron chi connectivity index (χ1n) is 5.63. The van der Waals surface area contributed by atoms with Gasteiger partial charge in [-0.25, -0.2) is 8.78 Å². The van der Waals surface area contributed by atoms with Crippen LogP contribution in [0.3, 0.4) is 0 Å². The van der Waals surface area contributed by atoms with E-state index in [1.807, 2.05) is 0 Å². The summed E-state index contributed by atoms with van der Waals surface area (Å²) in [6, 6.07) is 0. The van der Waals surface area contributed by atoms with Crippen LogP contribution in [0.5, 0.6) is 0 Å². The van der Waals surface area contributed by atoms with E-state index in [2.05, 4.69) is 4.74 Å². The van der Waals surface area contributed by atoms with Crippen LogP contribution in [0.15, 0.2) is 0 Å². The van der Waals surface area contributed by atoms with Gasteiger partial charge in [0.2, 0.25) is 11.3 Å². The molecular weight excluding hydrogens is 288 g/mol. The predicted octanol–water partition coefficient (Wildman–Crippen LogP) is 2.74. The third-order valence-corrected chi connectivity index (χ3v) is 5.12. The summed E-state index contributed by atoms with van der Waals surface area (Å²) in [6.07, 6.45) is -2.94. The van der Waals surface area contributed by atoms with Gasteiger partial charge in [-0.2, -0.15) is 26.3 Å². The van der Waals surface area contributed by atoms with Gasteiger partial charge in [0.15, 0.2) is 0 Å². The molecule has 1 nitrogen and oxygen atoms in total. The maximum absolute atomic E-state index is 14.5. The van der Waals surface area contributed by atoms with Crippen molar-refractivity contribution >= 4 is 0 Å². The predicted molar refractivity (Wildman–Crippen MR) is 42.8 cm³/mol. The Kier molecular flexibility index (Phi) is 1.59. The molecule has 3 saturated carbocycles. The zero-order valence-corrected chi connectivity index (χ0v) is 8.95. The van der Waals surface area contributed by atoms with Gasteiger partial charge in [0.25, 0.3) is 0 Å². The smallest absolute Gasteiger partial charge is 0.369 e. The Labute approximate surface area is 100 Å². The maximum atomic E-state index is 14.5. The van der Waals surface area contributed by atoms with Crippen molar-refractivity contribution < 1.29 is 39.9 Å². The summed E-state index contributed by atoms with van der Waals surface area (Å²) < 4.78 is 114. The number of hydrogen-bond acceptors (Lipinski definition) is 1. The minimum absolute atomic E-state index is 0.621. The van der Waals surface area contributed by atoms with Crippen LogP contribution in [0.25, 0.3) is 0 Å². The molecule has 6 unspecified atom stereocenters. The Morgan fingerprint density at radius 1 is 0.632 bits per heavy atom. The molecule has 3 aliphatic carbocycles. The second-order valence-corrected chi connectivity index (χ2v) is 5.66. The first-order valence-corrected chi connectivity index (χ1v) is 5.63. The Hall–Kier alpha value is -0.600. The lowest BCUT2D eigenvalue weighted by Crippen LogP contribution is -2.62. The van der Waals surface area contributed by atoms with Crippen LogP contribution in [0, 0.1) is 11.8 Å². The third kappa shape index (κ3) is 0.745. The van der Waals surface area contributed by atoms with Crippen LogP contribution in [0.1, 0.15) is 6.42 Å². The zero-order valence-electron chi connectivity index (χ0n) is 8.95. The molecule has 0 aromatic rings. The highest BCUT2D eigenvalue weighted by Gasteiger charge is 3.06. The van der Waals surface area contributed by atoms with Crippen molar-refractivity contribution in [1.82, 2.24) is 0 Å². The lowest BCUT2D eigenvalue weighted by Gasteiger charge is -2.37. The van der Waals surface area contributed by atoms with E-state index >= 15 is 0 Å². The van der Waals surface area contributed by atoms with E-state index in [1.165, 1.54) is 0 Å². The molecule has 0 aromatic carbocycles. The number of rotatable bonds is 0. The van der Waals surface area contributed by atoms with Crippen molar-refractivity contribution in [3.8, 4) is 0 Å². The molecule has 108 valence electrons. The van der Waals surface area contributed by atoms with E-state index in [0.29, 0.717) is 0 Å². The summed E-state index contributed by atoms with van der Waals surface area (Å²) in [7, 11) is 0. The standard InChI is InChI=1S/C10H6F8O/c11-6-2-1-3(5-4(2)19-5)7(6,12)9(15,16)10(17,18)8(6,13)14/h2-5H,1H2. The van der Waals surface area contributed by atoms with Crippen molar-refractivity contribution in [1.29, 1.82) is 0 Å². The third-order valence-electron chi connectivity index (χ3n) is 5.12. The molecule has 4 rings (SSSR count). The number of alkyl halides is 8. The van der Waals surface area contributed by atoms with Gasteiger partial charge in [-0.1, -0.05) is 0 Å². The van der Waals surface area contributed by atoms with E-state index in [-0.39, 0.29) is 0 Å². The molecule has 19 heavy (non-hydrogen) atoms. The molecule has 4 aliphatic rings. The Morgan fingerprint density at radius 2 is 1.00 bits per heavy atom. The van der Waals surface area contributed by atoms with Gasteiger partial charge in [-0.15, -0.1) is 0 Å². The number of halogens is 8. The molecule has 9 heteroatoms. The Morgan fingerprint density at radius 3 is 1.37 bits per heavy atom. The van der Waals surface area contributed by atoms with Crippen LogP contribution in [0.4, 0.5) is 35.1 Å². The number of hydrogen-bond donors (Lipinski definition) is 0. The first kappa shape index (κ1) is 12.2. The molecule has 4 fully saturated rings. The minimum Gasteiger partial charge on any atom is -0.369 e. The molecule has 1 heterocycles. The molecule has 0 N–H and O–H groups in total. The number of ether oxygens (including phenoxy) is 1. The molecule has 0 aromatic heterocycles. The van der Waals surface area contributed by atoms with E-state index < -0.39 is 59.6 Å². The van der Waals surface area contributed by atoms with E-state index in [0.717, 1.165) is 0 Å². The summed E-state index contributed by atoms with van der Waals surface area (Å²) in [6.45, 7) is 0. The van der Waals surface area contributed by atoms with Gasteiger partial charge in [-0.3, -0.25) is 0 Å². The summed E-state index contributed by atoms with van der Waals surface area (Å²) >= 11 is 0. The Balaban J connectivity index is 2.02. The quantitative estimate of drug-likeness (QED) is 0.494. The zero-order chi connectivity index (χ0) is 14.2. The van der Waals surface area contributed by atoms with E-state index in [4.69, 9.17) is 0 Å². The highest BCUT2D eigenvalue weighted by Crippen LogP contribution is 2.81. The van der Waals surface area contributed by atoms with E-state index in [1.54, 1.807) is 0 Å². The van der Waals surface area contributed by atoms with Gasteiger partial charge in [0.1, 0.15) is 0 Å². The van der Waals surface area contributed by atoms with Gasteiger partial charge in [0.05, 0.1) is 12.2 Å². The highest BCUT2D eigenvalue weighted by molar-refractivity contribution is 5.42. The molecule has 1 saturated heterocycles. The lowest BCUT2D eigenvalue weighted by atomic mass is 9.74. The van der Waals surface area contributed by atoms with Gasteiger partial charge in [-0.05, 0) is 6.42 Å². The van der Waals surface area contributed by atoms with Crippen LogP contribution < -0.4 is 0 Å². The van der Waals surface area contributed by atoms with Crippen molar-refractivity contribution in [3.63, 3.8) is 0 Å². The molecule has 2 bridgehead atoms. The van der Waals surface area contributed by atoms with Crippen LogP contribution >= 0.6 is 0 Å². The largest absolute Gasteiger partial charge is 0.378 e. The van der Waals surface area contributed by atoms with Gasteiger partial charge >= 0.3 is 17.8 Å². The fourth-order valence-electron chi connectivity index (χ4n) is 4.22. The average molecular weight is 294 g/mol. The van der Waals surface area contributed by atoms with E-state index in [9.17, 15) is 35.1 Å². The molecule has 1 aliphatic heterocycles. The van der Waals surface area contributed by atoms with Crippen LogP contribution in [0.2, 0.25) is 0 Å². The minimum atomic E-state index is -6.06. The number of fused-ring (bicyclic) bond motifs is 8. The van der Waals surface area contributed by atoms with Crippen molar-refractivity contribution in [2.75, 3.05) is 0 Å². The van der Waals surface area contributed by atoms with Gasteiger partial charge < -0.3 is 4.74 Å². The fourth-order valence-corrected chi connectivity index (χ4v) is 4.22. The Bertz CT molecular complexity index is 452. The molecule has 0 spiro atoms. The molecule has 0 radical (unpaired) electrons. The lowest BCUT2D eigenvalue weighted by molar-refractivity contribution is -0.299. The van der Waals surface area contributed by atoms with Gasteiger partial charge in [0, 0.05) is 11.8 Å². The fraction of sp³-hybridized carbons (Fsp3) is 1.00. The summed E-state index contributed by atoms with van der Waals surface area (Å²) in [5.74, 6) is -21.5. The molecule has 6 atom stereocenters. The highest BCUT2D eigenvalue weighted by atomic mass is 19.4. The van der Waals surface area contributed by atoms with Crippen LogP contribution in [-0.2, 0) is 4.74 Å². The van der Waals surface area contributed by atoms with Crippen molar-refractivity contribution in [2.45, 2.75) is 47.7 Å². The number of epoxide rings is 1. The second-order valence-electron chi connectivity index (χ2n) is 5.66. The van der Waals surface area contributed by atoms with Crippen molar-refractivity contribution in [2.24, 2.45) is 11.8 Å². The van der Waals surface area contributed by atoms with Crippen molar-refractivity contribution in [3.05, 3.63) is 0 Å². The summed E-state index contributed by atoms with van der Waals surface area (Å²) in [4.78, 5) is 0. The normalized spacial score (nSPS) is 61.9. The molecule has 0 amide bonds. The SMILES string of the molecule is FC1(F)C(F)(F)C2(F)C3CC(C4OC43)C2(F)C1(F)F. The monoisotopic (exact) mass is 294 g/mol. The first-order chi connectivity index (χ1) is 8.46. The summed E-state index contributed by atoms with van der Waals surface area (Å²) in [5.41, 5.74) is -9.18. The topological polar surface area (TPSA) is 12.5 Å². The second kappa shape index (κ2) is 2.48. The van der Waals surface area contributed by atoms with Crippen LogP contribution in [-0.4, -0.2) is 41.3 Å².